The Balaban J connectivity index is 1.98. The van der Waals surface area contributed by atoms with Crippen LogP contribution in [-0.4, -0.2) is 20.8 Å². The van der Waals surface area contributed by atoms with Crippen LogP contribution in [0, 0.1) is 6.92 Å². The molecule has 0 atom stereocenters. The summed E-state index contributed by atoms with van der Waals surface area (Å²) in [6.45, 7) is 7.89. The SMILES string of the molecule is Cc1c(C(=O)NC(C)(C)C)sc2nc(-c3ccccc3)cn12. The average molecular weight is 313 g/mol. The van der Waals surface area contributed by atoms with Crippen LogP contribution in [0.5, 0.6) is 0 Å². The number of thiazole rings is 1. The summed E-state index contributed by atoms with van der Waals surface area (Å²) in [7, 11) is 0. The van der Waals surface area contributed by atoms with Crippen molar-refractivity contribution in [3.05, 3.63) is 47.1 Å². The van der Waals surface area contributed by atoms with Gasteiger partial charge in [-0.3, -0.25) is 9.20 Å². The minimum Gasteiger partial charge on any atom is -0.347 e. The van der Waals surface area contributed by atoms with Crippen molar-refractivity contribution in [3.8, 4) is 11.3 Å². The number of nitrogens with one attached hydrogen (secondary N) is 1. The summed E-state index contributed by atoms with van der Waals surface area (Å²) in [5.74, 6) is -0.0400. The number of hydrogen-bond acceptors (Lipinski definition) is 3. The molecule has 0 bridgehead atoms. The summed E-state index contributed by atoms with van der Waals surface area (Å²) in [4.78, 5) is 18.6. The molecule has 5 heteroatoms. The van der Waals surface area contributed by atoms with Gasteiger partial charge in [0.05, 0.1) is 5.69 Å². The molecule has 4 nitrogen and oxygen atoms in total. The number of amides is 1. The minimum atomic E-state index is -0.245. The van der Waals surface area contributed by atoms with Gasteiger partial charge in [-0.15, -0.1) is 0 Å². The van der Waals surface area contributed by atoms with E-state index in [2.05, 4.69) is 10.3 Å². The third kappa shape index (κ3) is 2.76. The van der Waals surface area contributed by atoms with Crippen LogP contribution in [-0.2, 0) is 0 Å². The first kappa shape index (κ1) is 14.8. The lowest BCUT2D eigenvalue weighted by atomic mass is 10.1. The summed E-state index contributed by atoms with van der Waals surface area (Å²) < 4.78 is 1.99. The van der Waals surface area contributed by atoms with Gasteiger partial charge >= 0.3 is 0 Å². The Morgan fingerprint density at radius 1 is 1.23 bits per heavy atom. The van der Waals surface area contributed by atoms with Gasteiger partial charge in [0, 0.05) is 23.0 Å². The van der Waals surface area contributed by atoms with E-state index in [9.17, 15) is 4.79 Å². The maximum absolute atomic E-state index is 12.4. The fraction of sp³-hybridized carbons (Fsp3) is 0.294. The van der Waals surface area contributed by atoms with Crippen molar-refractivity contribution >= 4 is 22.2 Å². The molecule has 3 aromatic rings. The van der Waals surface area contributed by atoms with E-state index in [-0.39, 0.29) is 11.4 Å². The number of carbonyl (C=O) groups is 1. The van der Waals surface area contributed by atoms with Crippen LogP contribution in [0.3, 0.4) is 0 Å². The van der Waals surface area contributed by atoms with Gasteiger partial charge in [0.25, 0.3) is 5.91 Å². The van der Waals surface area contributed by atoms with Gasteiger partial charge in [-0.05, 0) is 27.7 Å². The highest BCUT2D eigenvalue weighted by atomic mass is 32.1. The zero-order valence-electron chi connectivity index (χ0n) is 13.2. The molecule has 0 radical (unpaired) electrons. The summed E-state index contributed by atoms with van der Waals surface area (Å²) >= 11 is 1.43. The first-order valence-corrected chi connectivity index (χ1v) is 8.03. The topological polar surface area (TPSA) is 46.4 Å². The van der Waals surface area contributed by atoms with Crippen LogP contribution in [0.1, 0.15) is 36.1 Å². The number of imidazole rings is 1. The number of fused-ring (bicyclic) bond motifs is 1. The van der Waals surface area contributed by atoms with Gasteiger partial charge in [-0.1, -0.05) is 41.7 Å². The second-order valence-corrected chi connectivity index (χ2v) is 7.34. The van der Waals surface area contributed by atoms with Crippen LogP contribution < -0.4 is 5.32 Å². The molecule has 1 N–H and O–H groups in total. The van der Waals surface area contributed by atoms with Crippen molar-refractivity contribution in [1.29, 1.82) is 0 Å². The van der Waals surface area contributed by atoms with Crippen molar-refractivity contribution in [2.45, 2.75) is 33.2 Å². The molecule has 2 aromatic heterocycles. The van der Waals surface area contributed by atoms with Gasteiger partial charge in [0.15, 0.2) is 4.96 Å². The molecule has 0 spiro atoms. The van der Waals surface area contributed by atoms with E-state index in [1.165, 1.54) is 11.3 Å². The second kappa shape index (κ2) is 5.25. The average Bonchev–Trinajstić information content (AvgIpc) is 2.98. The summed E-state index contributed by atoms with van der Waals surface area (Å²) in [6.07, 6.45) is 1.99. The lowest BCUT2D eigenvalue weighted by molar-refractivity contribution is 0.0923. The Hall–Kier alpha value is -2.14. The molecule has 0 aliphatic rings. The number of aromatic nitrogens is 2. The van der Waals surface area contributed by atoms with Crippen molar-refractivity contribution in [2.24, 2.45) is 0 Å². The first-order valence-electron chi connectivity index (χ1n) is 7.21. The highest BCUT2D eigenvalue weighted by Crippen LogP contribution is 2.27. The van der Waals surface area contributed by atoms with E-state index < -0.39 is 0 Å². The van der Waals surface area contributed by atoms with E-state index in [1.807, 2.05) is 68.6 Å². The molecule has 2 heterocycles. The zero-order valence-corrected chi connectivity index (χ0v) is 14.0. The van der Waals surface area contributed by atoms with Crippen LogP contribution in [0.15, 0.2) is 36.5 Å². The van der Waals surface area contributed by atoms with Crippen LogP contribution in [0.25, 0.3) is 16.2 Å². The van der Waals surface area contributed by atoms with Gasteiger partial charge in [-0.2, -0.15) is 0 Å². The molecule has 22 heavy (non-hydrogen) atoms. The van der Waals surface area contributed by atoms with Gasteiger partial charge in [0.2, 0.25) is 0 Å². The molecule has 3 rings (SSSR count). The molecule has 0 unspecified atom stereocenters. The second-order valence-electron chi connectivity index (χ2n) is 6.37. The number of carbonyl (C=O) groups excluding carboxylic acids is 1. The maximum atomic E-state index is 12.4. The molecule has 0 aliphatic carbocycles. The number of nitrogens with zero attached hydrogens (tertiary/aromatic N) is 2. The predicted molar refractivity (Wildman–Crippen MR) is 90.5 cm³/mol. The molecule has 0 fully saturated rings. The smallest absolute Gasteiger partial charge is 0.263 e. The third-order valence-electron chi connectivity index (χ3n) is 3.32. The molecule has 0 saturated carbocycles. The molecule has 0 saturated heterocycles. The normalized spacial score (nSPS) is 11.8. The van der Waals surface area contributed by atoms with Gasteiger partial charge in [0.1, 0.15) is 4.88 Å². The Kier molecular flexibility index (Phi) is 3.53. The van der Waals surface area contributed by atoms with E-state index in [0.29, 0.717) is 0 Å². The molecule has 1 amide bonds. The van der Waals surface area contributed by atoms with Crippen molar-refractivity contribution in [3.63, 3.8) is 0 Å². The van der Waals surface area contributed by atoms with Crippen molar-refractivity contribution in [2.75, 3.05) is 0 Å². The number of benzene rings is 1. The third-order valence-corrected chi connectivity index (χ3v) is 4.48. The van der Waals surface area contributed by atoms with E-state index in [0.717, 1.165) is 26.8 Å². The molecular weight excluding hydrogens is 294 g/mol. The Labute approximate surface area is 133 Å². The zero-order chi connectivity index (χ0) is 15.9. The number of rotatable bonds is 2. The lowest BCUT2D eigenvalue weighted by Crippen LogP contribution is -2.40. The quantitative estimate of drug-likeness (QED) is 0.780. The van der Waals surface area contributed by atoms with E-state index >= 15 is 0 Å². The number of aryl methyl sites for hydroxylation is 1. The van der Waals surface area contributed by atoms with E-state index in [4.69, 9.17) is 0 Å². The van der Waals surface area contributed by atoms with Crippen LogP contribution >= 0.6 is 11.3 Å². The van der Waals surface area contributed by atoms with Gasteiger partial charge in [-0.25, -0.2) is 4.98 Å². The molecular formula is C17H19N3OS. The van der Waals surface area contributed by atoms with Gasteiger partial charge < -0.3 is 5.32 Å². The van der Waals surface area contributed by atoms with Crippen LogP contribution in [0.4, 0.5) is 0 Å². The molecule has 1 aromatic carbocycles. The summed E-state index contributed by atoms with van der Waals surface area (Å²) in [6, 6.07) is 10.1. The minimum absolute atomic E-state index is 0.0400. The van der Waals surface area contributed by atoms with E-state index in [1.54, 1.807) is 0 Å². The number of hydrogen-bond donors (Lipinski definition) is 1. The maximum Gasteiger partial charge on any atom is 0.263 e. The summed E-state index contributed by atoms with van der Waals surface area (Å²) in [5, 5.41) is 3.00. The fourth-order valence-corrected chi connectivity index (χ4v) is 3.31. The standard InChI is InChI=1S/C17H19N3OS/c1-11-14(15(21)19-17(2,3)4)22-16-18-13(10-20(11)16)12-8-6-5-7-9-12/h5-10H,1-4H3,(H,19,21). The fourth-order valence-electron chi connectivity index (χ4n) is 2.31. The highest BCUT2D eigenvalue weighted by molar-refractivity contribution is 7.19. The predicted octanol–water partition coefficient (Wildman–Crippen LogP) is 3.90. The Morgan fingerprint density at radius 2 is 1.91 bits per heavy atom. The lowest BCUT2D eigenvalue weighted by Gasteiger charge is -2.20. The monoisotopic (exact) mass is 313 g/mol. The molecule has 0 aliphatic heterocycles. The molecule has 114 valence electrons. The Morgan fingerprint density at radius 3 is 2.50 bits per heavy atom. The first-order chi connectivity index (χ1) is 10.3. The largest absolute Gasteiger partial charge is 0.347 e. The Bertz CT molecular complexity index is 825. The summed E-state index contributed by atoms with van der Waals surface area (Å²) in [5.41, 5.74) is 2.69. The van der Waals surface area contributed by atoms with Crippen molar-refractivity contribution < 1.29 is 4.79 Å². The van der Waals surface area contributed by atoms with Crippen molar-refractivity contribution in [1.82, 2.24) is 14.7 Å². The van der Waals surface area contributed by atoms with Crippen LogP contribution in [0.2, 0.25) is 0 Å². The highest BCUT2D eigenvalue weighted by Gasteiger charge is 2.21.